The van der Waals surface area contributed by atoms with Crippen LogP contribution in [0.1, 0.15) is 76.3 Å². The molecule has 1 aromatic rings. The van der Waals surface area contributed by atoms with E-state index in [1.54, 1.807) is 6.92 Å². The molecule has 0 radical (unpaired) electrons. The van der Waals surface area contributed by atoms with Gasteiger partial charge >= 0.3 is 0 Å². The van der Waals surface area contributed by atoms with Crippen LogP contribution in [-0.4, -0.2) is 16.6 Å². The van der Waals surface area contributed by atoms with Crippen molar-refractivity contribution in [2.45, 2.75) is 65.7 Å². The first kappa shape index (κ1) is 19.6. The van der Waals surface area contributed by atoms with Gasteiger partial charge in [-0.1, -0.05) is 69.1 Å². The number of thiazole rings is 1. The van der Waals surface area contributed by atoms with E-state index in [1.165, 1.54) is 11.3 Å². The van der Waals surface area contributed by atoms with Crippen LogP contribution < -0.4 is 5.32 Å². The molecule has 1 amide bonds. The summed E-state index contributed by atoms with van der Waals surface area (Å²) >= 11 is 1.40. The first-order chi connectivity index (χ1) is 12.0. The zero-order valence-electron chi connectivity index (χ0n) is 15.5. The highest BCUT2D eigenvalue weighted by Crippen LogP contribution is 2.31. The lowest BCUT2D eigenvalue weighted by Crippen LogP contribution is -2.16. The molecule has 0 bridgehead atoms. The second-order valence-corrected chi connectivity index (χ2v) is 7.66. The van der Waals surface area contributed by atoms with Gasteiger partial charge in [0.1, 0.15) is 0 Å². The molecule has 5 heteroatoms. The first-order valence-electron chi connectivity index (χ1n) is 9.28. The molecule has 0 aliphatic heterocycles. The minimum Gasteiger partial charge on any atom is -0.304 e. The van der Waals surface area contributed by atoms with E-state index in [0.717, 1.165) is 54.7 Å². The standard InChI is InChI=1S/C20H29N3OS/c1-4-9-15(10-5-2)13-17(24)22-20-23-18(19(25-20)14(3)21)16-11-7-6-8-12-16/h7,11-12,15,21H,4-6,8-10,13H2,1-3H3,(H,22,23,24). The second-order valence-electron chi connectivity index (χ2n) is 6.66. The molecule has 0 aromatic carbocycles. The Balaban J connectivity index is 2.11. The summed E-state index contributed by atoms with van der Waals surface area (Å²) in [4.78, 5) is 17.9. The van der Waals surface area contributed by atoms with Gasteiger partial charge in [0.25, 0.3) is 0 Å². The van der Waals surface area contributed by atoms with Crippen molar-refractivity contribution in [1.29, 1.82) is 5.41 Å². The number of aromatic nitrogens is 1. The molecule has 0 fully saturated rings. The largest absolute Gasteiger partial charge is 0.304 e. The molecular weight excluding hydrogens is 330 g/mol. The van der Waals surface area contributed by atoms with E-state index in [2.05, 4.69) is 42.4 Å². The van der Waals surface area contributed by atoms with Crippen molar-refractivity contribution in [2.75, 3.05) is 5.32 Å². The minimum absolute atomic E-state index is 0.0366. The number of allylic oxidation sites excluding steroid dienone is 4. The molecular formula is C20H29N3OS. The molecule has 25 heavy (non-hydrogen) atoms. The van der Waals surface area contributed by atoms with Crippen LogP contribution in [0.3, 0.4) is 0 Å². The van der Waals surface area contributed by atoms with Crippen molar-refractivity contribution in [2.24, 2.45) is 5.92 Å². The summed E-state index contributed by atoms with van der Waals surface area (Å²) in [6.07, 6.45) is 13.4. The Morgan fingerprint density at radius 3 is 2.60 bits per heavy atom. The van der Waals surface area contributed by atoms with Gasteiger partial charge in [-0.05, 0) is 31.3 Å². The fraction of sp³-hybridized carbons (Fsp3) is 0.550. The van der Waals surface area contributed by atoms with Crippen LogP contribution in [0.25, 0.3) is 5.57 Å². The molecule has 2 rings (SSSR count). The summed E-state index contributed by atoms with van der Waals surface area (Å²) in [5.74, 6) is 0.483. The minimum atomic E-state index is 0.0366. The lowest BCUT2D eigenvalue weighted by molar-refractivity contribution is -0.117. The molecule has 1 aliphatic carbocycles. The summed E-state index contributed by atoms with van der Waals surface area (Å²) in [6, 6.07) is 0. The van der Waals surface area contributed by atoms with Gasteiger partial charge in [-0.2, -0.15) is 0 Å². The average molecular weight is 360 g/mol. The van der Waals surface area contributed by atoms with Gasteiger partial charge in [0.2, 0.25) is 5.91 Å². The van der Waals surface area contributed by atoms with Crippen LogP contribution in [0.2, 0.25) is 0 Å². The highest BCUT2D eigenvalue weighted by molar-refractivity contribution is 7.18. The van der Waals surface area contributed by atoms with E-state index in [-0.39, 0.29) is 5.91 Å². The van der Waals surface area contributed by atoms with Crippen molar-refractivity contribution in [3.05, 3.63) is 28.8 Å². The highest BCUT2D eigenvalue weighted by Gasteiger charge is 2.19. The van der Waals surface area contributed by atoms with Crippen LogP contribution in [0.5, 0.6) is 0 Å². The Morgan fingerprint density at radius 2 is 2.04 bits per heavy atom. The molecule has 1 heterocycles. The molecule has 136 valence electrons. The Hall–Kier alpha value is -1.75. The van der Waals surface area contributed by atoms with Crippen LogP contribution >= 0.6 is 11.3 Å². The summed E-state index contributed by atoms with van der Waals surface area (Å²) in [5, 5.41) is 11.6. The lowest BCUT2D eigenvalue weighted by Gasteiger charge is -2.13. The molecule has 0 unspecified atom stereocenters. The zero-order valence-corrected chi connectivity index (χ0v) is 16.3. The number of amides is 1. The van der Waals surface area contributed by atoms with E-state index in [4.69, 9.17) is 5.41 Å². The molecule has 1 aliphatic rings. The number of hydrogen-bond donors (Lipinski definition) is 2. The Morgan fingerprint density at radius 1 is 1.32 bits per heavy atom. The third-order valence-corrected chi connectivity index (χ3v) is 5.44. The third kappa shape index (κ3) is 5.63. The topological polar surface area (TPSA) is 65.8 Å². The average Bonchev–Trinajstić information content (AvgIpc) is 3.00. The van der Waals surface area contributed by atoms with E-state index < -0.39 is 0 Å². The number of carbonyl (C=O) groups is 1. The quantitative estimate of drug-likeness (QED) is 0.546. The number of anilines is 1. The smallest absolute Gasteiger partial charge is 0.226 e. The highest BCUT2D eigenvalue weighted by atomic mass is 32.1. The maximum absolute atomic E-state index is 12.4. The van der Waals surface area contributed by atoms with Gasteiger partial charge in [0.05, 0.1) is 10.6 Å². The monoisotopic (exact) mass is 359 g/mol. The molecule has 2 N–H and O–H groups in total. The van der Waals surface area contributed by atoms with Gasteiger partial charge in [-0.15, -0.1) is 0 Å². The summed E-state index contributed by atoms with van der Waals surface area (Å²) in [7, 11) is 0. The van der Waals surface area contributed by atoms with Crippen LogP contribution in [-0.2, 0) is 4.79 Å². The molecule has 1 aromatic heterocycles. The van der Waals surface area contributed by atoms with E-state index in [9.17, 15) is 4.79 Å². The van der Waals surface area contributed by atoms with Crippen LogP contribution in [0.4, 0.5) is 5.13 Å². The molecule has 0 spiro atoms. The number of rotatable bonds is 9. The van der Waals surface area contributed by atoms with Crippen molar-refractivity contribution in [3.63, 3.8) is 0 Å². The Bertz CT molecular complexity index is 666. The predicted octanol–water partition coefficient (Wildman–Crippen LogP) is 5.81. The molecule has 0 atom stereocenters. The summed E-state index contributed by atoms with van der Waals surface area (Å²) in [5.41, 5.74) is 2.37. The number of hydrogen-bond acceptors (Lipinski definition) is 4. The fourth-order valence-electron chi connectivity index (χ4n) is 3.21. The number of carbonyl (C=O) groups excluding carboxylic acids is 1. The zero-order chi connectivity index (χ0) is 18.2. The van der Waals surface area contributed by atoms with Crippen LogP contribution in [0, 0.1) is 11.3 Å². The Labute approximate surface area is 155 Å². The first-order valence-corrected chi connectivity index (χ1v) is 10.1. The van der Waals surface area contributed by atoms with E-state index >= 15 is 0 Å². The van der Waals surface area contributed by atoms with Gasteiger partial charge in [0, 0.05) is 12.1 Å². The summed E-state index contributed by atoms with van der Waals surface area (Å²) < 4.78 is 0. The third-order valence-electron chi connectivity index (χ3n) is 4.35. The van der Waals surface area contributed by atoms with Gasteiger partial charge in [-0.3, -0.25) is 4.79 Å². The normalized spacial score (nSPS) is 13.8. The molecule has 0 saturated carbocycles. The van der Waals surface area contributed by atoms with Crippen molar-refractivity contribution in [3.8, 4) is 0 Å². The molecule has 4 nitrogen and oxygen atoms in total. The van der Waals surface area contributed by atoms with E-state index in [0.29, 0.717) is 23.2 Å². The maximum atomic E-state index is 12.4. The SMILES string of the molecule is CCCC(CCC)CC(=O)Nc1nc(C2=CCCC=C2)c(C(C)=N)s1. The second kappa shape index (κ2) is 9.66. The van der Waals surface area contributed by atoms with Gasteiger partial charge in [-0.25, -0.2) is 4.98 Å². The summed E-state index contributed by atoms with van der Waals surface area (Å²) in [6.45, 7) is 6.10. The van der Waals surface area contributed by atoms with Crippen molar-refractivity contribution >= 4 is 33.7 Å². The molecule has 0 saturated heterocycles. The van der Waals surface area contributed by atoms with Gasteiger partial charge < -0.3 is 10.7 Å². The van der Waals surface area contributed by atoms with E-state index in [1.807, 2.05) is 0 Å². The maximum Gasteiger partial charge on any atom is 0.226 e. The van der Waals surface area contributed by atoms with Gasteiger partial charge in [0.15, 0.2) is 5.13 Å². The lowest BCUT2D eigenvalue weighted by atomic mass is 9.94. The van der Waals surface area contributed by atoms with Crippen molar-refractivity contribution in [1.82, 2.24) is 4.98 Å². The van der Waals surface area contributed by atoms with Crippen LogP contribution in [0.15, 0.2) is 18.2 Å². The fourth-order valence-corrected chi connectivity index (χ4v) is 4.12. The number of nitrogens with zero attached hydrogens (tertiary/aromatic N) is 1. The van der Waals surface area contributed by atoms with Crippen molar-refractivity contribution < 1.29 is 4.79 Å². The Kier molecular flexibility index (Phi) is 7.56. The predicted molar refractivity (Wildman–Crippen MR) is 108 cm³/mol. The number of nitrogens with one attached hydrogen (secondary N) is 2.